The number of aromatic amines is 1. The number of nitrogens with one attached hydrogen (secondary N) is 3. The largest absolute Gasteiger partial charge is 0.493 e. The third kappa shape index (κ3) is 4.98. The fourth-order valence-corrected chi connectivity index (χ4v) is 4.69. The summed E-state index contributed by atoms with van der Waals surface area (Å²) in [4.78, 5) is 37.0. The summed E-state index contributed by atoms with van der Waals surface area (Å²) in [6.07, 6.45) is 3.62. The number of piperidine rings is 1. The molecule has 5 rings (SSSR count). The summed E-state index contributed by atoms with van der Waals surface area (Å²) >= 11 is 3.45. The fraction of sp³-hybridized carbons (Fsp3) is 0.280. The number of amides is 2. The zero-order valence-corrected chi connectivity index (χ0v) is 21.3. The maximum atomic E-state index is 13.3. The lowest BCUT2D eigenvalue weighted by atomic mass is 9.99. The van der Waals surface area contributed by atoms with Gasteiger partial charge in [-0.05, 0) is 68.6 Å². The first-order chi connectivity index (χ1) is 17.4. The van der Waals surface area contributed by atoms with Crippen LogP contribution in [0.2, 0.25) is 0 Å². The molecule has 0 spiro atoms. The minimum Gasteiger partial charge on any atom is -0.493 e. The van der Waals surface area contributed by atoms with E-state index in [0.29, 0.717) is 23.7 Å². The number of imidazole rings is 2. The number of rotatable bonds is 7. The minimum absolute atomic E-state index is 0.0233. The smallest absolute Gasteiger partial charge is 0.277 e. The van der Waals surface area contributed by atoms with Crippen molar-refractivity contribution < 1.29 is 14.3 Å². The van der Waals surface area contributed by atoms with Gasteiger partial charge in [-0.1, -0.05) is 22.0 Å². The number of anilines is 1. The van der Waals surface area contributed by atoms with Gasteiger partial charge in [0.15, 0.2) is 5.69 Å². The first-order valence-corrected chi connectivity index (χ1v) is 12.5. The molecule has 1 aliphatic heterocycles. The maximum absolute atomic E-state index is 13.3. The average molecular weight is 552 g/mol. The summed E-state index contributed by atoms with van der Waals surface area (Å²) in [5, 5.41) is 6.10. The molecule has 2 aromatic heterocycles. The Balaban J connectivity index is 1.38. The van der Waals surface area contributed by atoms with E-state index in [1.54, 1.807) is 4.57 Å². The number of primary amides is 1. The van der Waals surface area contributed by atoms with Crippen LogP contribution in [0.25, 0.3) is 16.7 Å². The van der Waals surface area contributed by atoms with Crippen molar-refractivity contribution >= 4 is 44.7 Å². The van der Waals surface area contributed by atoms with Crippen molar-refractivity contribution in [3.05, 3.63) is 64.1 Å². The topological polar surface area (TPSA) is 140 Å². The van der Waals surface area contributed by atoms with E-state index in [1.165, 1.54) is 6.33 Å². The van der Waals surface area contributed by atoms with Gasteiger partial charge in [0.1, 0.15) is 17.8 Å². The molecular weight excluding hydrogens is 526 g/mol. The molecular formula is C25H26BrN7O3. The predicted octanol–water partition coefficient (Wildman–Crippen LogP) is 3.55. The van der Waals surface area contributed by atoms with Gasteiger partial charge in [-0.3, -0.25) is 19.5 Å². The lowest BCUT2D eigenvalue weighted by Gasteiger charge is -2.22. The Labute approximate surface area is 215 Å². The third-order valence-electron chi connectivity index (χ3n) is 6.28. The van der Waals surface area contributed by atoms with Gasteiger partial charge in [0.05, 0.1) is 23.3 Å². The van der Waals surface area contributed by atoms with Crippen LogP contribution in [0.1, 0.15) is 39.4 Å². The van der Waals surface area contributed by atoms with Gasteiger partial charge >= 0.3 is 0 Å². The Hall–Kier alpha value is -3.70. The fourth-order valence-electron chi connectivity index (χ4n) is 4.34. The minimum atomic E-state index is -0.799. The third-order valence-corrected chi connectivity index (χ3v) is 6.77. The number of hydrogen-bond acceptors (Lipinski definition) is 6. The van der Waals surface area contributed by atoms with Gasteiger partial charge in [-0.15, -0.1) is 0 Å². The molecule has 36 heavy (non-hydrogen) atoms. The molecule has 0 bridgehead atoms. The quantitative estimate of drug-likeness (QED) is 0.277. The molecule has 0 unspecified atom stereocenters. The number of halogens is 1. The van der Waals surface area contributed by atoms with Crippen molar-refractivity contribution in [2.24, 2.45) is 11.7 Å². The number of aromatic nitrogens is 4. The second-order valence-electron chi connectivity index (χ2n) is 8.83. The molecule has 1 aliphatic rings. The van der Waals surface area contributed by atoms with E-state index in [4.69, 9.17) is 10.5 Å². The summed E-state index contributed by atoms with van der Waals surface area (Å²) in [6.45, 7) is 4.61. The van der Waals surface area contributed by atoms with Crippen molar-refractivity contribution in [3.8, 4) is 11.4 Å². The summed E-state index contributed by atoms with van der Waals surface area (Å²) < 4.78 is 8.37. The van der Waals surface area contributed by atoms with E-state index in [9.17, 15) is 9.59 Å². The lowest BCUT2D eigenvalue weighted by Crippen LogP contribution is -2.30. The van der Waals surface area contributed by atoms with E-state index in [0.717, 1.165) is 47.2 Å². The van der Waals surface area contributed by atoms with Crippen LogP contribution in [0.15, 0.2) is 47.2 Å². The standard InChI is InChI=1S/C25H26BrN7O3/c1-14-2-3-16(26)10-20(14)33-13-29-21(23(27)34)22(33)24(35)32-25-30-18-5-4-17(11-19(18)31-25)36-12-15-6-8-28-9-7-15/h2-5,10-11,13,15,28H,6-9,12H2,1H3,(H2,27,34)(H2,30,31,32,35). The molecule has 2 amide bonds. The number of ether oxygens (including phenoxy) is 1. The van der Waals surface area contributed by atoms with Crippen molar-refractivity contribution in [2.75, 3.05) is 25.0 Å². The molecule has 2 aromatic carbocycles. The molecule has 4 aromatic rings. The van der Waals surface area contributed by atoms with Gasteiger partial charge in [-0.2, -0.15) is 0 Å². The van der Waals surface area contributed by atoms with E-state index in [2.05, 4.69) is 41.5 Å². The van der Waals surface area contributed by atoms with Gasteiger partial charge in [0.2, 0.25) is 5.95 Å². The Morgan fingerprint density at radius 2 is 2.03 bits per heavy atom. The summed E-state index contributed by atoms with van der Waals surface area (Å²) in [7, 11) is 0. The van der Waals surface area contributed by atoms with Gasteiger partial charge in [0, 0.05) is 10.5 Å². The molecule has 0 saturated carbocycles. The number of aryl methyl sites for hydroxylation is 1. The van der Waals surface area contributed by atoms with Crippen molar-refractivity contribution in [1.29, 1.82) is 0 Å². The lowest BCUT2D eigenvalue weighted by molar-refractivity contribution is 0.0970. The average Bonchev–Trinajstić information content (AvgIpc) is 3.48. The zero-order valence-electron chi connectivity index (χ0n) is 19.7. The van der Waals surface area contributed by atoms with Crippen LogP contribution < -0.4 is 21.1 Å². The van der Waals surface area contributed by atoms with Crippen LogP contribution in [-0.4, -0.2) is 51.0 Å². The normalized spacial score (nSPS) is 14.2. The molecule has 0 radical (unpaired) electrons. The first-order valence-electron chi connectivity index (χ1n) is 11.7. The summed E-state index contributed by atoms with van der Waals surface area (Å²) in [5.74, 6) is 0.145. The highest BCUT2D eigenvalue weighted by Crippen LogP contribution is 2.25. The Morgan fingerprint density at radius 1 is 1.22 bits per heavy atom. The molecule has 3 heterocycles. The number of carbonyl (C=O) groups excluding carboxylic acids is 2. The summed E-state index contributed by atoms with van der Waals surface area (Å²) in [5.41, 5.74) is 8.39. The van der Waals surface area contributed by atoms with E-state index in [-0.39, 0.29) is 17.3 Å². The number of H-pyrrole nitrogens is 1. The Kier molecular flexibility index (Phi) is 6.75. The SMILES string of the molecule is Cc1ccc(Br)cc1-n1cnc(C(N)=O)c1C(=O)Nc1nc2ccc(OCC3CCNCC3)cc2[nH]1. The van der Waals surface area contributed by atoms with Crippen molar-refractivity contribution in [2.45, 2.75) is 19.8 Å². The van der Waals surface area contributed by atoms with Crippen molar-refractivity contribution in [1.82, 2.24) is 24.8 Å². The molecule has 0 aliphatic carbocycles. The van der Waals surface area contributed by atoms with E-state index in [1.807, 2.05) is 43.3 Å². The number of fused-ring (bicyclic) bond motifs is 1. The van der Waals surface area contributed by atoms with Gasteiger partial charge in [-0.25, -0.2) is 9.97 Å². The number of nitrogens with two attached hydrogens (primary N) is 1. The maximum Gasteiger partial charge on any atom is 0.277 e. The Bertz CT molecular complexity index is 1440. The molecule has 1 saturated heterocycles. The zero-order chi connectivity index (χ0) is 25.2. The second-order valence-corrected chi connectivity index (χ2v) is 9.75. The highest BCUT2D eigenvalue weighted by molar-refractivity contribution is 9.10. The van der Waals surface area contributed by atoms with Crippen molar-refractivity contribution in [3.63, 3.8) is 0 Å². The van der Waals surface area contributed by atoms with Crippen LogP contribution in [0.4, 0.5) is 5.95 Å². The van der Waals surface area contributed by atoms with Crippen LogP contribution >= 0.6 is 15.9 Å². The Morgan fingerprint density at radius 3 is 2.81 bits per heavy atom. The van der Waals surface area contributed by atoms with Crippen LogP contribution in [0.3, 0.4) is 0 Å². The molecule has 10 nitrogen and oxygen atoms in total. The van der Waals surface area contributed by atoms with Gasteiger partial charge in [0.25, 0.3) is 11.8 Å². The first kappa shape index (κ1) is 24.0. The predicted molar refractivity (Wildman–Crippen MR) is 140 cm³/mol. The van der Waals surface area contributed by atoms with Crippen LogP contribution in [-0.2, 0) is 0 Å². The number of benzene rings is 2. The van der Waals surface area contributed by atoms with E-state index >= 15 is 0 Å². The molecule has 5 N–H and O–H groups in total. The van der Waals surface area contributed by atoms with Crippen LogP contribution in [0.5, 0.6) is 5.75 Å². The molecule has 1 fully saturated rings. The van der Waals surface area contributed by atoms with E-state index < -0.39 is 11.8 Å². The van der Waals surface area contributed by atoms with Crippen LogP contribution in [0, 0.1) is 12.8 Å². The number of nitrogens with zero attached hydrogens (tertiary/aromatic N) is 3. The monoisotopic (exact) mass is 551 g/mol. The molecule has 186 valence electrons. The molecule has 0 atom stereocenters. The number of hydrogen-bond donors (Lipinski definition) is 4. The van der Waals surface area contributed by atoms with Gasteiger partial charge < -0.3 is 20.8 Å². The number of carbonyl (C=O) groups is 2. The highest BCUT2D eigenvalue weighted by atomic mass is 79.9. The molecule has 11 heteroatoms. The second kappa shape index (κ2) is 10.1. The summed E-state index contributed by atoms with van der Waals surface area (Å²) in [6, 6.07) is 11.2. The highest BCUT2D eigenvalue weighted by Gasteiger charge is 2.25.